The minimum atomic E-state index is -1.20. The van der Waals surface area contributed by atoms with Crippen LogP contribution in [0.1, 0.15) is 29.0 Å². The first-order chi connectivity index (χ1) is 9.49. The van der Waals surface area contributed by atoms with E-state index in [0.29, 0.717) is 0 Å². The second-order valence-corrected chi connectivity index (χ2v) is 4.35. The van der Waals surface area contributed by atoms with Gasteiger partial charge in [-0.3, -0.25) is 4.98 Å². The van der Waals surface area contributed by atoms with Crippen molar-refractivity contribution in [1.82, 2.24) is 4.98 Å². The Morgan fingerprint density at radius 3 is 2.80 bits per heavy atom. The average molecular weight is 275 g/mol. The lowest BCUT2D eigenvalue weighted by atomic mass is 10.1. The number of hydrogen-bond acceptors (Lipinski definition) is 4. The van der Waals surface area contributed by atoms with Crippen molar-refractivity contribution < 1.29 is 14.3 Å². The van der Waals surface area contributed by atoms with Crippen molar-refractivity contribution in [2.45, 2.75) is 13.0 Å². The number of halogens is 1. The summed E-state index contributed by atoms with van der Waals surface area (Å²) in [5.41, 5.74) is 6.03. The second-order valence-electron chi connectivity index (χ2n) is 4.35. The van der Waals surface area contributed by atoms with E-state index in [1.54, 1.807) is 25.3 Å². The highest BCUT2D eigenvalue weighted by atomic mass is 19.1. The molecule has 0 aliphatic carbocycles. The van der Waals surface area contributed by atoms with Crippen molar-refractivity contribution in [1.29, 1.82) is 0 Å². The Morgan fingerprint density at radius 2 is 2.20 bits per heavy atom. The Bertz CT molecular complexity index is 632. The van der Waals surface area contributed by atoms with E-state index in [-0.39, 0.29) is 23.0 Å². The minimum absolute atomic E-state index is 0.0785. The predicted molar refractivity (Wildman–Crippen MR) is 74.0 cm³/mol. The maximum Gasteiger partial charge on any atom is 0.337 e. The zero-order valence-corrected chi connectivity index (χ0v) is 10.8. The number of aromatic carboxylic acids is 1. The van der Waals surface area contributed by atoms with Gasteiger partial charge in [-0.15, -0.1) is 0 Å². The summed E-state index contributed by atoms with van der Waals surface area (Å²) in [4.78, 5) is 15.2. The molecular weight excluding hydrogens is 261 g/mol. The van der Waals surface area contributed by atoms with Gasteiger partial charge in [0.05, 0.1) is 23.0 Å². The molecule has 6 heteroatoms. The van der Waals surface area contributed by atoms with Crippen molar-refractivity contribution in [3.8, 4) is 0 Å². The maximum atomic E-state index is 13.8. The molecule has 1 atom stereocenters. The van der Waals surface area contributed by atoms with Gasteiger partial charge in [-0.2, -0.15) is 0 Å². The van der Waals surface area contributed by atoms with Gasteiger partial charge < -0.3 is 16.2 Å². The Kier molecular flexibility index (Phi) is 3.84. The van der Waals surface area contributed by atoms with Crippen LogP contribution < -0.4 is 11.1 Å². The Morgan fingerprint density at radius 1 is 1.45 bits per heavy atom. The van der Waals surface area contributed by atoms with Crippen LogP contribution in [0, 0.1) is 5.82 Å². The molecule has 4 N–H and O–H groups in total. The number of anilines is 2. The maximum absolute atomic E-state index is 13.8. The SMILES string of the molecule is CC(Nc1cc(C(=O)O)c(N)cc1F)c1ccccn1. The highest BCUT2D eigenvalue weighted by Crippen LogP contribution is 2.25. The van der Waals surface area contributed by atoms with Crippen LogP contribution in [0.5, 0.6) is 0 Å². The van der Waals surface area contributed by atoms with E-state index in [9.17, 15) is 9.18 Å². The van der Waals surface area contributed by atoms with Gasteiger partial charge in [0.2, 0.25) is 0 Å². The van der Waals surface area contributed by atoms with Crippen LogP contribution in [0.15, 0.2) is 36.5 Å². The van der Waals surface area contributed by atoms with Gasteiger partial charge in [-0.05, 0) is 31.2 Å². The van der Waals surface area contributed by atoms with Crippen molar-refractivity contribution in [2.24, 2.45) is 0 Å². The van der Waals surface area contributed by atoms with E-state index in [1.807, 2.05) is 6.07 Å². The molecule has 0 fully saturated rings. The molecule has 0 aliphatic rings. The molecular formula is C14H14FN3O2. The molecule has 2 rings (SSSR count). The van der Waals surface area contributed by atoms with Crippen LogP contribution >= 0.6 is 0 Å². The Balaban J connectivity index is 2.29. The van der Waals surface area contributed by atoms with Crippen molar-refractivity contribution >= 4 is 17.3 Å². The highest BCUT2D eigenvalue weighted by Gasteiger charge is 2.15. The van der Waals surface area contributed by atoms with Crippen LogP contribution in [0.25, 0.3) is 0 Å². The molecule has 0 saturated heterocycles. The third-order valence-electron chi connectivity index (χ3n) is 2.87. The number of carboxylic acids is 1. The molecule has 0 radical (unpaired) electrons. The number of nitrogens with zero attached hydrogens (tertiary/aromatic N) is 1. The standard InChI is InChI=1S/C14H14FN3O2/c1-8(12-4-2-3-5-17-12)18-13-6-9(14(19)20)11(16)7-10(13)15/h2-8,18H,16H2,1H3,(H,19,20). The molecule has 1 aromatic carbocycles. The molecule has 20 heavy (non-hydrogen) atoms. The zero-order valence-electron chi connectivity index (χ0n) is 10.8. The lowest BCUT2D eigenvalue weighted by molar-refractivity contribution is 0.0698. The third-order valence-corrected chi connectivity index (χ3v) is 2.87. The first kappa shape index (κ1) is 13.8. The molecule has 1 aromatic heterocycles. The van der Waals surface area contributed by atoms with E-state index in [2.05, 4.69) is 10.3 Å². The van der Waals surface area contributed by atoms with Gasteiger partial charge in [0, 0.05) is 11.9 Å². The Hall–Kier alpha value is -2.63. The van der Waals surface area contributed by atoms with Gasteiger partial charge in [-0.1, -0.05) is 6.07 Å². The number of hydrogen-bond donors (Lipinski definition) is 3. The third kappa shape index (κ3) is 2.85. The summed E-state index contributed by atoms with van der Waals surface area (Å²) in [6, 6.07) is 7.32. The summed E-state index contributed by atoms with van der Waals surface area (Å²) >= 11 is 0. The number of carbonyl (C=O) groups is 1. The average Bonchev–Trinajstić information content (AvgIpc) is 2.42. The fourth-order valence-electron chi connectivity index (χ4n) is 1.82. The summed E-state index contributed by atoms with van der Waals surface area (Å²) in [6.45, 7) is 1.80. The summed E-state index contributed by atoms with van der Waals surface area (Å²) < 4.78 is 13.8. The van der Waals surface area contributed by atoms with Gasteiger partial charge in [0.25, 0.3) is 0 Å². The van der Waals surface area contributed by atoms with Crippen LogP contribution in [0.4, 0.5) is 15.8 Å². The number of nitrogens with two attached hydrogens (primary N) is 1. The van der Waals surface area contributed by atoms with Crippen molar-refractivity contribution in [3.63, 3.8) is 0 Å². The number of nitrogen functional groups attached to an aromatic ring is 1. The smallest absolute Gasteiger partial charge is 0.337 e. The Labute approximate surface area is 115 Å². The van der Waals surface area contributed by atoms with Gasteiger partial charge in [-0.25, -0.2) is 9.18 Å². The van der Waals surface area contributed by atoms with Crippen LogP contribution in [-0.4, -0.2) is 16.1 Å². The molecule has 0 amide bonds. The topological polar surface area (TPSA) is 88.2 Å². The summed E-state index contributed by atoms with van der Waals surface area (Å²) in [6.07, 6.45) is 1.63. The summed E-state index contributed by atoms with van der Waals surface area (Å²) in [5.74, 6) is -1.80. The monoisotopic (exact) mass is 275 g/mol. The van der Waals surface area contributed by atoms with Crippen molar-refractivity contribution in [3.05, 3.63) is 53.6 Å². The van der Waals surface area contributed by atoms with Gasteiger partial charge >= 0.3 is 5.97 Å². The molecule has 1 unspecified atom stereocenters. The lowest BCUT2D eigenvalue weighted by Gasteiger charge is -2.16. The van der Waals surface area contributed by atoms with E-state index in [1.165, 1.54) is 6.07 Å². The predicted octanol–water partition coefficient (Wildman–Crippen LogP) is 2.67. The second kappa shape index (κ2) is 5.56. The number of rotatable bonds is 4. The first-order valence-electron chi connectivity index (χ1n) is 5.99. The van der Waals surface area contributed by atoms with Crippen molar-refractivity contribution in [2.75, 3.05) is 11.1 Å². The molecule has 0 aliphatic heterocycles. The number of aromatic nitrogens is 1. The van der Waals surface area contributed by atoms with E-state index in [0.717, 1.165) is 11.8 Å². The number of nitrogens with one attached hydrogen (secondary N) is 1. The number of pyridine rings is 1. The molecule has 0 saturated carbocycles. The van der Waals surface area contributed by atoms with Crippen LogP contribution in [-0.2, 0) is 0 Å². The highest BCUT2D eigenvalue weighted by molar-refractivity contribution is 5.94. The fourth-order valence-corrected chi connectivity index (χ4v) is 1.82. The molecule has 0 bridgehead atoms. The summed E-state index contributed by atoms with van der Waals surface area (Å²) in [7, 11) is 0. The normalized spacial score (nSPS) is 11.9. The quantitative estimate of drug-likeness (QED) is 0.746. The molecule has 1 heterocycles. The summed E-state index contributed by atoms with van der Waals surface area (Å²) in [5, 5.41) is 11.9. The number of benzene rings is 1. The van der Waals surface area contributed by atoms with Gasteiger partial charge in [0.1, 0.15) is 5.82 Å². The van der Waals surface area contributed by atoms with Crippen LogP contribution in [0.2, 0.25) is 0 Å². The molecule has 104 valence electrons. The van der Waals surface area contributed by atoms with E-state index >= 15 is 0 Å². The number of carboxylic acid groups (broad SMARTS) is 1. The molecule has 0 spiro atoms. The van der Waals surface area contributed by atoms with E-state index in [4.69, 9.17) is 10.8 Å². The molecule has 2 aromatic rings. The van der Waals surface area contributed by atoms with E-state index < -0.39 is 11.8 Å². The zero-order chi connectivity index (χ0) is 14.7. The largest absolute Gasteiger partial charge is 0.478 e. The van der Waals surface area contributed by atoms with Gasteiger partial charge in [0.15, 0.2) is 0 Å². The lowest BCUT2D eigenvalue weighted by Crippen LogP contribution is -2.11. The fraction of sp³-hybridized carbons (Fsp3) is 0.143. The minimum Gasteiger partial charge on any atom is -0.478 e. The molecule has 5 nitrogen and oxygen atoms in total. The van der Waals surface area contributed by atoms with Crippen LogP contribution in [0.3, 0.4) is 0 Å². The first-order valence-corrected chi connectivity index (χ1v) is 5.99.